The lowest BCUT2D eigenvalue weighted by Crippen LogP contribution is -2.40. The molecule has 0 radical (unpaired) electrons. The summed E-state index contributed by atoms with van der Waals surface area (Å²) in [6.45, 7) is 6.18. The van der Waals surface area contributed by atoms with Crippen molar-refractivity contribution in [3.8, 4) is 0 Å². The third-order valence-corrected chi connectivity index (χ3v) is 5.18. The van der Waals surface area contributed by atoms with Gasteiger partial charge in [-0.15, -0.1) is 0 Å². The van der Waals surface area contributed by atoms with Crippen molar-refractivity contribution in [2.45, 2.75) is 51.9 Å². The average molecular weight is 342 g/mol. The van der Waals surface area contributed by atoms with Crippen molar-refractivity contribution >= 4 is 12.4 Å². The van der Waals surface area contributed by atoms with Gasteiger partial charge in [0.15, 0.2) is 0 Å². The van der Waals surface area contributed by atoms with E-state index in [2.05, 4.69) is 17.1 Å². The molecule has 6 nitrogen and oxygen atoms in total. The molecule has 0 unspecified atom stereocenters. The molecule has 1 heterocycles. The molecule has 1 amide bonds. The number of carboxylic acid groups (broad SMARTS) is 1. The van der Waals surface area contributed by atoms with Crippen molar-refractivity contribution in [3.63, 3.8) is 0 Å². The number of carbonyl (C=O) groups excluding carboxylic acids is 1. The number of hydrogen-bond donors (Lipinski definition) is 3. The van der Waals surface area contributed by atoms with Crippen LogP contribution in [0.2, 0.25) is 0 Å². The molecule has 0 bridgehead atoms. The summed E-state index contributed by atoms with van der Waals surface area (Å²) in [4.78, 5) is 22.6. The number of nitrogens with one attached hydrogen (secondary N) is 1. The monoisotopic (exact) mass is 342 g/mol. The van der Waals surface area contributed by atoms with Crippen molar-refractivity contribution in [2.24, 2.45) is 17.8 Å². The highest BCUT2D eigenvalue weighted by Crippen LogP contribution is 2.30. The Morgan fingerprint density at radius 3 is 2.38 bits per heavy atom. The van der Waals surface area contributed by atoms with Crippen LogP contribution in [-0.4, -0.2) is 60.3 Å². The molecule has 1 aliphatic carbocycles. The summed E-state index contributed by atoms with van der Waals surface area (Å²) in [6, 6.07) is 0. The van der Waals surface area contributed by atoms with E-state index in [1.807, 2.05) is 0 Å². The van der Waals surface area contributed by atoms with E-state index in [-0.39, 0.29) is 19.0 Å². The summed E-state index contributed by atoms with van der Waals surface area (Å²) >= 11 is 0. The van der Waals surface area contributed by atoms with E-state index in [9.17, 15) is 4.79 Å². The van der Waals surface area contributed by atoms with Gasteiger partial charge in [0.1, 0.15) is 0 Å². The molecule has 0 spiro atoms. The number of piperidine rings is 1. The number of rotatable bonds is 8. The van der Waals surface area contributed by atoms with E-state index in [1.54, 1.807) is 0 Å². The summed E-state index contributed by atoms with van der Waals surface area (Å²) in [6.07, 6.45) is 8.17. The molecular formula is C18H34N2O4. The lowest BCUT2D eigenvalue weighted by atomic mass is 9.82. The van der Waals surface area contributed by atoms with Crippen LogP contribution >= 0.6 is 0 Å². The van der Waals surface area contributed by atoms with Crippen molar-refractivity contribution in [3.05, 3.63) is 0 Å². The molecule has 3 N–H and O–H groups in total. The molecule has 2 aliphatic rings. The van der Waals surface area contributed by atoms with E-state index in [0.29, 0.717) is 11.8 Å². The van der Waals surface area contributed by atoms with Gasteiger partial charge in [-0.3, -0.25) is 9.59 Å². The fourth-order valence-electron chi connectivity index (χ4n) is 3.33. The third-order valence-electron chi connectivity index (χ3n) is 5.18. The fraction of sp³-hybridized carbons (Fsp3) is 0.889. The molecule has 140 valence electrons. The Morgan fingerprint density at radius 1 is 1.25 bits per heavy atom. The molecule has 2 fully saturated rings. The molecule has 1 saturated carbocycles. The van der Waals surface area contributed by atoms with Gasteiger partial charge in [0.25, 0.3) is 6.47 Å². The zero-order valence-electron chi connectivity index (χ0n) is 15.0. The highest BCUT2D eigenvalue weighted by molar-refractivity contribution is 5.75. The smallest absolute Gasteiger partial charge is 0.290 e. The van der Waals surface area contributed by atoms with Gasteiger partial charge >= 0.3 is 0 Å². The summed E-state index contributed by atoms with van der Waals surface area (Å²) in [7, 11) is 0. The molecule has 1 aliphatic heterocycles. The Morgan fingerprint density at radius 2 is 1.88 bits per heavy atom. The van der Waals surface area contributed by atoms with Crippen LogP contribution < -0.4 is 5.32 Å². The van der Waals surface area contributed by atoms with Crippen molar-refractivity contribution in [2.75, 3.05) is 32.8 Å². The second-order valence-corrected chi connectivity index (χ2v) is 7.28. The molecule has 1 atom stereocenters. The van der Waals surface area contributed by atoms with Gasteiger partial charge in [0.2, 0.25) is 5.91 Å². The van der Waals surface area contributed by atoms with Crippen LogP contribution in [0.25, 0.3) is 0 Å². The van der Waals surface area contributed by atoms with E-state index < -0.39 is 0 Å². The molecular weight excluding hydrogens is 308 g/mol. The van der Waals surface area contributed by atoms with E-state index in [0.717, 1.165) is 44.9 Å². The number of hydrogen-bond acceptors (Lipinski definition) is 4. The molecule has 2 rings (SSSR count). The summed E-state index contributed by atoms with van der Waals surface area (Å²) in [5, 5.41) is 19.1. The predicted molar refractivity (Wildman–Crippen MR) is 93.7 cm³/mol. The maximum absolute atomic E-state index is 11.8. The Kier molecular flexibility index (Phi) is 10.7. The van der Waals surface area contributed by atoms with Crippen molar-refractivity contribution < 1.29 is 19.8 Å². The lowest BCUT2D eigenvalue weighted by Gasteiger charge is -2.33. The van der Waals surface area contributed by atoms with Gasteiger partial charge in [-0.1, -0.05) is 26.2 Å². The Bertz CT molecular complexity index is 353. The van der Waals surface area contributed by atoms with Crippen molar-refractivity contribution in [1.29, 1.82) is 0 Å². The van der Waals surface area contributed by atoms with Gasteiger partial charge in [-0.25, -0.2) is 0 Å². The number of carbonyl (C=O) groups is 2. The topological polar surface area (TPSA) is 89.9 Å². The van der Waals surface area contributed by atoms with E-state index >= 15 is 0 Å². The third kappa shape index (κ3) is 8.64. The maximum Gasteiger partial charge on any atom is 0.290 e. The minimum Gasteiger partial charge on any atom is -0.483 e. The van der Waals surface area contributed by atoms with Crippen LogP contribution in [-0.2, 0) is 9.59 Å². The Balaban J connectivity index is 0.000000891. The minimum atomic E-state index is -0.250. The Hall–Kier alpha value is -1.14. The number of aliphatic hydroxyl groups excluding tert-OH is 1. The average Bonchev–Trinajstić information content (AvgIpc) is 2.53. The molecule has 24 heavy (non-hydrogen) atoms. The van der Waals surface area contributed by atoms with Crippen LogP contribution in [0.3, 0.4) is 0 Å². The normalized spacial score (nSPS) is 20.4. The van der Waals surface area contributed by atoms with E-state index in [4.69, 9.17) is 15.0 Å². The molecule has 6 heteroatoms. The second kappa shape index (κ2) is 12.3. The summed E-state index contributed by atoms with van der Waals surface area (Å²) < 4.78 is 0. The quantitative estimate of drug-likeness (QED) is 0.585. The highest BCUT2D eigenvalue weighted by Gasteiger charge is 2.21. The fourth-order valence-corrected chi connectivity index (χ4v) is 3.33. The maximum atomic E-state index is 11.8. The SMILES string of the molecule is C[C@@H](CO)CN1CCC(CNC(=O)CCC2CCC2)CC1.O=CO. The van der Waals surface area contributed by atoms with Crippen molar-refractivity contribution in [1.82, 2.24) is 10.2 Å². The summed E-state index contributed by atoms with van der Waals surface area (Å²) in [5.41, 5.74) is 0. The number of aliphatic hydroxyl groups is 1. The molecule has 0 aromatic rings. The van der Waals surface area contributed by atoms with Crippen LogP contribution in [0.1, 0.15) is 51.9 Å². The standard InChI is InChI=1S/C17H32N2O2.CH2O2/c1-14(13-20)12-19-9-7-16(8-10-19)11-18-17(21)6-5-15-3-2-4-15;2-1-3/h14-16,20H,2-13H2,1H3,(H,18,21);1H,(H,2,3)/t14-;/m1./s1. The first-order chi connectivity index (χ1) is 11.6. The molecule has 0 aromatic carbocycles. The van der Waals surface area contributed by atoms with Crippen LogP contribution in [0, 0.1) is 17.8 Å². The number of amides is 1. The molecule has 0 aromatic heterocycles. The lowest BCUT2D eigenvalue weighted by molar-refractivity contribution is -0.123. The van der Waals surface area contributed by atoms with Gasteiger partial charge < -0.3 is 20.4 Å². The molecule has 1 saturated heterocycles. The van der Waals surface area contributed by atoms with Gasteiger partial charge in [0, 0.05) is 26.1 Å². The zero-order chi connectivity index (χ0) is 17.8. The van der Waals surface area contributed by atoms with Crippen LogP contribution in [0.5, 0.6) is 0 Å². The first-order valence-electron chi connectivity index (χ1n) is 9.26. The largest absolute Gasteiger partial charge is 0.483 e. The second-order valence-electron chi connectivity index (χ2n) is 7.28. The van der Waals surface area contributed by atoms with Gasteiger partial charge in [-0.2, -0.15) is 0 Å². The summed E-state index contributed by atoms with van der Waals surface area (Å²) in [5.74, 6) is 2.08. The zero-order valence-corrected chi connectivity index (χ0v) is 15.0. The van der Waals surface area contributed by atoms with Gasteiger partial charge in [-0.05, 0) is 50.1 Å². The first-order valence-corrected chi connectivity index (χ1v) is 9.26. The predicted octanol–water partition coefficient (Wildman–Crippen LogP) is 1.72. The van der Waals surface area contributed by atoms with Crippen LogP contribution in [0.4, 0.5) is 0 Å². The number of likely N-dealkylation sites (tertiary alicyclic amines) is 1. The number of nitrogens with zero attached hydrogens (tertiary/aromatic N) is 1. The van der Waals surface area contributed by atoms with E-state index in [1.165, 1.54) is 32.1 Å². The van der Waals surface area contributed by atoms with Crippen LogP contribution in [0.15, 0.2) is 0 Å². The minimum absolute atomic E-state index is 0.248. The van der Waals surface area contributed by atoms with Gasteiger partial charge in [0.05, 0.1) is 0 Å². The Labute approximate surface area is 145 Å². The first kappa shape index (κ1) is 20.9. The highest BCUT2D eigenvalue weighted by atomic mass is 16.3.